The average Bonchev–Trinajstić information content (AvgIpc) is 2.79. The van der Waals surface area contributed by atoms with E-state index >= 15 is 0 Å². The number of carbonyl (C=O) groups is 1. The van der Waals surface area contributed by atoms with Crippen LogP contribution in [0.2, 0.25) is 0 Å². The van der Waals surface area contributed by atoms with Crippen molar-refractivity contribution < 1.29 is 27.0 Å². The fraction of sp³-hybridized carbons (Fsp3) is 0.286. The van der Waals surface area contributed by atoms with E-state index in [0.717, 1.165) is 11.3 Å². The third-order valence-corrected chi connectivity index (χ3v) is 4.59. The van der Waals surface area contributed by atoms with Gasteiger partial charge in [-0.1, -0.05) is 48.2 Å². The summed E-state index contributed by atoms with van der Waals surface area (Å²) in [5.41, 5.74) is 16.8. The zero-order valence-corrected chi connectivity index (χ0v) is 18.2. The number of nitrogens with one attached hydrogen (secondary N) is 1. The van der Waals surface area contributed by atoms with E-state index in [0.29, 0.717) is 31.7 Å². The quantitative estimate of drug-likeness (QED) is 0.421. The summed E-state index contributed by atoms with van der Waals surface area (Å²) in [6.07, 6.45) is 1.58. The SMILES string of the molecule is C[S-].[Fe+2].[NH-]/C(C(=O)N1CCN(c2cccc(CO)c2)CC1)=C(\N)c1ccccc1. The van der Waals surface area contributed by atoms with Gasteiger partial charge in [-0.15, -0.1) is 0 Å². The minimum atomic E-state index is -0.338. The van der Waals surface area contributed by atoms with Crippen LogP contribution in [-0.4, -0.2) is 48.3 Å². The zero-order chi connectivity index (χ0) is 20.5. The molecular formula is C21H26FeN4O2S. The second-order valence-electron chi connectivity index (χ2n) is 6.26. The van der Waals surface area contributed by atoms with Crippen LogP contribution in [-0.2, 0) is 41.1 Å². The van der Waals surface area contributed by atoms with Crippen LogP contribution in [0.15, 0.2) is 60.3 Å². The molecule has 0 radical (unpaired) electrons. The van der Waals surface area contributed by atoms with Gasteiger partial charge in [0.15, 0.2) is 0 Å². The van der Waals surface area contributed by atoms with Gasteiger partial charge in [0, 0.05) is 37.6 Å². The summed E-state index contributed by atoms with van der Waals surface area (Å²) in [4.78, 5) is 16.5. The Hall–Kier alpha value is -2.12. The van der Waals surface area contributed by atoms with Gasteiger partial charge < -0.3 is 39.0 Å². The Bertz CT molecular complexity index is 809. The minimum absolute atomic E-state index is 0. The Labute approximate surface area is 188 Å². The number of nitrogens with two attached hydrogens (primary N) is 1. The van der Waals surface area contributed by atoms with Crippen molar-refractivity contribution in [2.75, 3.05) is 37.3 Å². The molecule has 4 N–H and O–H groups in total. The molecule has 6 nitrogen and oxygen atoms in total. The number of amides is 1. The van der Waals surface area contributed by atoms with Crippen molar-refractivity contribution >= 4 is 29.9 Å². The number of rotatable bonds is 4. The maximum Gasteiger partial charge on any atom is 2.00 e. The third-order valence-electron chi connectivity index (χ3n) is 4.59. The van der Waals surface area contributed by atoms with Crippen LogP contribution in [0.1, 0.15) is 11.1 Å². The second-order valence-corrected chi connectivity index (χ2v) is 6.26. The van der Waals surface area contributed by atoms with Gasteiger partial charge in [0.2, 0.25) is 5.91 Å². The van der Waals surface area contributed by atoms with E-state index in [1.54, 1.807) is 23.3 Å². The molecule has 3 rings (SSSR count). The molecule has 156 valence electrons. The van der Waals surface area contributed by atoms with E-state index in [-0.39, 0.29) is 41.0 Å². The predicted octanol–water partition coefficient (Wildman–Crippen LogP) is 2.37. The largest absolute Gasteiger partial charge is 2.00 e. The molecule has 0 bridgehead atoms. The van der Waals surface area contributed by atoms with Gasteiger partial charge in [-0.25, -0.2) is 0 Å². The summed E-state index contributed by atoms with van der Waals surface area (Å²) < 4.78 is 0. The summed E-state index contributed by atoms with van der Waals surface area (Å²) in [5.74, 6) is -0.338. The molecule has 0 aromatic heterocycles. The zero-order valence-electron chi connectivity index (χ0n) is 16.3. The standard InChI is InChI=1S/C20H23N4O2.CH4S.Fe/c21-18(16-6-2-1-3-7-16)19(22)20(26)24-11-9-23(10-12-24)17-8-4-5-15(13-17)14-25;1-2;/h1-8,13,22,25H,9-12,14H2,(H2,21,26);2H,1H3;/q-1;;+2/p-1. The number of piperazine rings is 1. The first kappa shape index (κ1) is 24.9. The summed E-state index contributed by atoms with van der Waals surface area (Å²) in [6.45, 7) is 2.44. The number of hydrogen-bond donors (Lipinski definition) is 2. The average molecular weight is 454 g/mol. The number of aliphatic hydroxyl groups excluding tert-OH is 1. The van der Waals surface area contributed by atoms with Crippen molar-refractivity contribution in [1.82, 2.24) is 4.90 Å². The van der Waals surface area contributed by atoms with Crippen molar-refractivity contribution in [1.29, 1.82) is 0 Å². The van der Waals surface area contributed by atoms with Gasteiger partial charge in [-0.2, -0.15) is 6.26 Å². The van der Waals surface area contributed by atoms with Gasteiger partial charge in [0.25, 0.3) is 0 Å². The first-order valence-electron chi connectivity index (χ1n) is 9.02. The molecule has 1 amide bonds. The molecular weight excluding hydrogens is 428 g/mol. The van der Waals surface area contributed by atoms with E-state index < -0.39 is 0 Å². The monoisotopic (exact) mass is 454 g/mol. The molecule has 1 aliphatic rings. The number of carbonyl (C=O) groups excluding carboxylic acids is 1. The minimum Gasteiger partial charge on any atom is -0.796 e. The van der Waals surface area contributed by atoms with Crippen LogP contribution in [0.4, 0.5) is 5.69 Å². The number of anilines is 1. The van der Waals surface area contributed by atoms with Crippen molar-refractivity contribution in [2.45, 2.75) is 6.61 Å². The van der Waals surface area contributed by atoms with Gasteiger partial charge in [-0.05, 0) is 23.3 Å². The van der Waals surface area contributed by atoms with Gasteiger partial charge >= 0.3 is 17.1 Å². The molecule has 0 spiro atoms. The van der Waals surface area contributed by atoms with Crippen molar-refractivity contribution in [2.24, 2.45) is 5.73 Å². The molecule has 1 fully saturated rings. The molecule has 1 saturated heterocycles. The first-order chi connectivity index (χ1) is 13.6. The maximum atomic E-state index is 12.6. The van der Waals surface area contributed by atoms with Crippen LogP contribution in [0.25, 0.3) is 11.4 Å². The van der Waals surface area contributed by atoms with Crippen molar-refractivity contribution in [3.05, 3.63) is 77.2 Å². The van der Waals surface area contributed by atoms with Crippen LogP contribution in [0, 0.1) is 0 Å². The van der Waals surface area contributed by atoms with E-state index in [9.17, 15) is 9.90 Å². The molecule has 1 aliphatic heterocycles. The summed E-state index contributed by atoms with van der Waals surface area (Å²) in [5, 5.41) is 9.27. The fourth-order valence-electron chi connectivity index (χ4n) is 3.05. The van der Waals surface area contributed by atoms with E-state index in [1.807, 2.05) is 42.5 Å². The smallest absolute Gasteiger partial charge is 0.796 e. The first-order valence-corrected chi connectivity index (χ1v) is 9.83. The van der Waals surface area contributed by atoms with E-state index in [1.165, 1.54) is 0 Å². The summed E-state index contributed by atoms with van der Waals surface area (Å²) in [6, 6.07) is 16.9. The Morgan fingerprint density at radius 2 is 1.69 bits per heavy atom. The van der Waals surface area contributed by atoms with Crippen molar-refractivity contribution in [3.8, 4) is 0 Å². The van der Waals surface area contributed by atoms with Crippen LogP contribution < -0.4 is 10.6 Å². The fourth-order valence-corrected chi connectivity index (χ4v) is 3.05. The molecule has 0 unspecified atom stereocenters. The van der Waals surface area contributed by atoms with E-state index in [4.69, 9.17) is 11.5 Å². The number of hydrogen-bond acceptors (Lipinski definition) is 5. The molecule has 0 atom stereocenters. The number of nitrogens with zero attached hydrogens (tertiary/aromatic N) is 2. The van der Waals surface area contributed by atoms with Gasteiger partial charge in [0.1, 0.15) is 0 Å². The van der Waals surface area contributed by atoms with E-state index in [2.05, 4.69) is 17.5 Å². The molecule has 1 heterocycles. The topological polar surface area (TPSA) is 93.6 Å². The Balaban J connectivity index is 0.00000136. The normalized spacial score (nSPS) is 14.2. The van der Waals surface area contributed by atoms with Gasteiger partial charge in [-0.3, -0.25) is 4.79 Å². The third kappa shape index (κ3) is 6.44. The Morgan fingerprint density at radius 3 is 2.28 bits per heavy atom. The number of benzene rings is 2. The Morgan fingerprint density at radius 1 is 1.07 bits per heavy atom. The Kier molecular flexibility index (Phi) is 10.7. The molecule has 0 saturated carbocycles. The molecule has 2 aromatic carbocycles. The predicted molar refractivity (Wildman–Crippen MR) is 116 cm³/mol. The maximum absolute atomic E-state index is 12.6. The molecule has 29 heavy (non-hydrogen) atoms. The van der Waals surface area contributed by atoms with Crippen LogP contribution in [0.5, 0.6) is 0 Å². The number of aliphatic hydroxyl groups is 1. The van der Waals surface area contributed by atoms with Crippen molar-refractivity contribution in [3.63, 3.8) is 0 Å². The van der Waals surface area contributed by atoms with Gasteiger partial charge in [0.05, 0.1) is 6.61 Å². The summed E-state index contributed by atoms with van der Waals surface area (Å²) in [7, 11) is 0. The molecule has 8 heteroatoms. The second kappa shape index (κ2) is 12.4. The van der Waals surface area contributed by atoms with Crippen LogP contribution in [0.3, 0.4) is 0 Å². The van der Waals surface area contributed by atoms with Crippen LogP contribution >= 0.6 is 0 Å². The molecule has 0 aliphatic carbocycles. The molecule has 2 aromatic rings. The summed E-state index contributed by atoms with van der Waals surface area (Å²) >= 11 is 4.08.